The first-order valence-electron chi connectivity index (χ1n) is 5.87. The lowest BCUT2D eigenvalue weighted by atomic mass is 10.2. The quantitative estimate of drug-likeness (QED) is 0.599. The second-order valence-electron chi connectivity index (χ2n) is 4.16. The summed E-state index contributed by atoms with van der Waals surface area (Å²) in [6.45, 7) is 0.201. The molecule has 7 nitrogen and oxygen atoms in total. The molecule has 0 amide bonds. The molecular weight excluding hydrogens is 282 g/mol. The zero-order valence-electron chi connectivity index (χ0n) is 11.0. The number of hydrogen-bond donors (Lipinski definition) is 3. The molecule has 0 aliphatic carbocycles. The van der Waals surface area contributed by atoms with Crippen molar-refractivity contribution in [2.45, 2.75) is 17.4 Å². The van der Waals surface area contributed by atoms with E-state index in [4.69, 9.17) is 15.7 Å². The summed E-state index contributed by atoms with van der Waals surface area (Å²) in [6.07, 6.45) is -0.510. The summed E-state index contributed by atoms with van der Waals surface area (Å²) in [5, 5.41) is 18.1. The topological polar surface area (TPSA) is 125 Å². The second-order valence-corrected chi connectivity index (χ2v) is 5.90. The molecule has 110 valence electrons. The van der Waals surface area contributed by atoms with Crippen molar-refractivity contribution in [2.75, 3.05) is 26.0 Å². The molecule has 0 saturated carbocycles. The normalized spacial score (nSPS) is 12.8. The molecule has 0 radical (unpaired) electrons. The third-order valence-corrected chi connectivity index (χ3v) is 4.09. The summed E-state index contributed by atoms with van der Waals surface area (Å²) in [6, 6.07) is 5.84. The predicted octanol–water partition coefficient (Wildman–Crippen LogP) is -0.184. The molecule has 20 heavy (non-hydrogen) atoms. The summed E-state index contributed by atoms with van der Waals surface area (Å²) in [5.74, 6) is 0. The van der Waals surface area contributed by atoms with Gasteiger partial charge in [0.1, 0.15) is 4.90 Å². The van der Waals surface area contributed by atoms with Crippen molar-refractivity contribution in [3.8, 4) is 6.07 Å². The van der Waals surface area contributed by atoms with Crippen LogP contribution < -0.4 is 10.5 Å². The largest absolute Gasteiger partial charge is 0.398 e. The Morgan fingerprint density at radius 3 is 2.80 bits per heavy atom. The molecule has 0 aromatic heterocycles. The van der Waals surface area contributed by atoms with Gasteiger partial charge < -0.3 is 15.6 Å². The minimum Gasteiger partial charge on any atom is -0.398 e. The highest BCUT2D eigenvalue weighted by molar-refractivity contribution is 7.89. The summed E-state index contributed by atoms with van der Waals surface area (Å²) in [4.78, 5) is -0.0854. The Morgan fingerprint density at radius 2 is 2.25 bits per heavy atom. The molecule has 0 heterocycles. The Bertz CT molecular complexity index is 595. The summed E-state index contributed by atoms with van der Waals surface area (Å²) >= 11 is 0. The zero-order chi connectivity index (χ0) is 15.2. The highest BCUT2D eigenvalue weighted by Gasteiger charge is 2.17. The van der Waals surface area contributed by atoms with Gasteiger partial charge in [-0.3, -0.25) is 0 Å². The third kappa shape index (κ3) is 4.47. The van der Waals surface area contributed by atoms with Crippen LogP contribution >= 0.6 is 0 Å². The van der Waals surface area contributed by atoms with Crippen LogP contribution in [-0.4, -0.2) is 39.9 Å². The monoisotopic (exact) mass is 299 g/mol. The first kappa shape index (κ1) is 16.4. The van der Waals surface area contributed by atoms with Crippen LogP contribution in [0.25, 0.3) is 0 Å². The van der Waals surface area contributed by atoms with Crippen LogP contribution in [0.5, 0.6) is 0 Å². The number of nitriles is 1. The average Bonchev–Trinajstić information content (AvgIpc) is 2.38. The van der Waals surface area contributed by atoms with E-state index >= 15 is 0 Å². The van der Waals surface area contributed by atoms with E-state index in [9.17, 15) is 13.5 Å². The van der Waals surface area contributed by atoms with Crippen LogP contribution in [-0.2, 0) is 14.8 Å². The molecule has 1 atom stereocenters. The van der Waals surface area contributed by atoms with Crippen LogP contribution in [0, 0.1) is 11.3 Å². The van der Waals surface area contributed by atoms with E-state index in [2.05, 4.69) is 4.72 Å². The number of ether oxygens (including phenoxy) is 1. The number of methoxy groups -OCH3 is 1. The fourth-order valence-corrected chi connectivity index (χ4v) is 2.73. The van der Waals surface area contributed by atoms with Gasteiger partial charge in [0, 0.05) is 13.7 Å². The van der Waals surface area contributed by atoms with Crippen molar-refractivity contribution in [3.63, 3.8) is 0 Å². The maximum absolute atomic E-state index is 12.0. The molecule has 0 spiro atoms. The van der Waals surface area contributed by atoms with Crippen LogP contribution in [0.15, 0.2) is 23.1 Å². The molecule has 1 aromatic rings. The molecule has 1 rings (SSSR count). The van der Waals surface area contributed by atoms with E-state index in [-0.39, 0.29) is 35.7 Å². The van der Waals surface area contributed by atoms with Gasteiger partial charge in [-0.05, 0) is 24.6 Å². The number of nitrogens with one attached hydrogen (secondary N) is 1. The van der Waals surface area contributed by atoms with Crippen LogP contribution in [0.1, 0.15) is 12.0 Å². The SMILES string of the molecule is COCC(O)CCNS(=O)(=O)c1ccc(C#N)cc1N. The van der Waals surface area contributed by atoms with Gasteiger partial charge in [0.25, 0.3) is 0 Å². The Morgan fingerprint density at radius 1 is 1.55 bits per heavy atom. The van der Waals surface area contributed by atoms with Gasteiger partial charge in [-0.1, -0.05) is 0 Å². The van der Waals surface area contributed by atoms with Crippen molar-refractivity contribution >= 4 is 15.7 Å². The van der Waals surface area contributed by atoms with Gasteiger partial charge >= 0.3 is 0 Å². The van der Waals surface area contributed by atoms with Crippen molar-refractivity contribution in [1.29, 1.82) is 5.26 Å². The first-order chi connectivity index (χ1) is 9.40. The standard InChI is InChI=1S/C12H17N3O4S/c1-19-8-10(16)4-5-15-20(17,18)12-3-2-9(7-13)6-11(12)14/h2-3,6,10,15-16H,4-5,8,14H2,1H3. The summed E-state index contributed by atoms with van der Waals surface area (Å²) in [7, 11) is -2.31. The number of aliphatic hydroxyl groups is 1. The number of anilines is 1. The Balaban J connectivity index is 2.72. The van der Waals surface area contributed by atoms with E-state index in [0.717, 1.165) is 0 Å². The zero-order valence-corrected chi connectivity index (χ0v) is 11.9. The van der Waals surface area contributed by atoms with Gasteiger partial charge in [0.15, 0.2) is 0 Å². The predicted molar refractivity (Wildman–Crippen MR) is 73.3 cm³/mol. The molecule has 0 aliphatic heterocycles. The van der Waals surface area contributed by atoms with Gasteiger partial charge in [-0.15, -0.1) is 0 Å². The maximum Gasteiger partial charge on any atom is 0.242 e. The molecule has 1 aromatic carbocycles. The highest BCUT2D eigenvalue weighted by Crippen LogP contribution is 2.19. The van der Waals surface area contributed by atoms with Gasteiger partial charge in [-0.2, -0.15) is 5.26 Å². The van der Waals surface area contributed by atoms with Crippen LogP contribution in [0.2, 0.25) is 0 Å². The number of hydrogen-bond acceptors (Lipinski definition) is 6. The number of rotatable bonds is 7. The van der Waals surface area contributed by atoms with Crippen molar-refractivity contribution in [3.05, 3.63) is 23.8 Å². The highest BCUT2D eigenvalue weighted by atomic mass is 32.2. The minimum atomic E-state index is -3.76. The van der Waals surface area contributed by atoms with Crippen molar-refractivity contribution < 1.29 is 18.3 Å². The van der Waals surface area contributed by atoms with E-state index < -0.39 is 16.1 Å². The number of nitrogens with two attached hydrogens (primary N) is 1. The number of aliphatic hydroxyl groups excluding tert-OH is 1. The number of sulfonamides is 1. The fraction of sp³-hybridized carbons (Fsp3) is 0.417. The number of benzene rings is 1. The van der Waals surface area contributed by atoms with Gasteiger partial charge in [0.05, 0.1) is 30.0 Å². The second kappa shape index (κ2) is 7.21. The molecular formula is C12H17N3O4S. The minimum absolute atomic E-state index is 0.00832. The maximum atomic E-state index is 12.0. The van der Waals surface area contributed by atoms with Gasteiger partial charge in [0.2, 0.25) is 10.0 Å². The molecule has 1 unspecified atom stereocenters. The van der Waals surface area contributed by atoms with Gasteiger partial charge in [-0.25, -0.2) is 13.1 Å². The molecule has 0 bridgehead atoms. The van der Waals surface area contributed by atoms with Crippen LogP contribution in [0.3, 0.4) is 0 Å². The Kier molecular flexibility index (Phi) is 5.91. The average molecular weight is 299 g/mol. The lowest BCUT2D eigenvalue weighted by Gasteiger charge is -2.11. The number of nitrogen functional groups attached to an aromatic ring is 1. The van der Waals surface area contributed by atoms with Crippen molar-refractivity contribution in [1.82, 2.24) is 4.72 Å². The Hall–Kier alpha value is -1.66. The fourth-order valence-electron chi connectivity index (χ4n) is 1.58. The molecule has 0 fully saturated rings. The molecule has 8 heteroatoms. The van der Waals surface area contributed by atoms with E-state index in [1.807, 2.05) is 6.07 Å². The lowest BCUT2D eigenvalue weighted by Crippen LogP contribution is -2.29. The van der Waals surface area contributed by atoms with E-state index in [1.165, 1.54) is 25.3 Å². The molecule has 0 aliphatic rings. The Labute approximate surface area is 118 Å². The van der Waals surface area contributed by atoms with E-state index in [1.54, 1.807) is 0 Å². The first-order valence-corrected chi connectivity index (χ1v) is 7.35. The number of nitrogens with zero attached hydrogens (tertiary/aromatic N) is 1. The summed E-state index contributed by atoms with van der Waals surface area (Å²) < 4.78 is 31.1. The van der Waals surface area contributed by atoms with Crippen molar-refractivity contribution in [2.24, 2.45) is 0 Å². The van der Waals surface area contributed by atoms with Crippen LogP contribution in [0.4, 0.5) is 5.69 Å². The summed E-state index contributed by atoms with van der Waals surface area (Å²) in [5.41, 5.74) is 5.92. The molecule has 4 N–H and O–H groups in total. The third-order valence-electron chi connectivity index (χ3n) is 2.56. The lowest BCUT2D eigenvalue weighted by molar-refractivity contribution is 0.0603. The smallest absolute Gasteiger partial charge is 0.242 e. The molecule has 0 saturated heterocycles. The van der Waals surface area contributed by atoms with E-state index in [0.29, 0.717) is 0 Å².